The first kappa shape index (κ1) is 13.2. The van der Waals surface area contributed by atoms with Gasteiger partial charge in [-0.15, -0.1) is 0 Å². The van der Waals surface area contributed by atoms with E-state index in [-0.39, 0.29) is 18.6 Å². The molecule has 2 rings (SSSR count). The number of amides is 1. The van der Waals surface area contributed by atoms with Gasteiger partial charge in [0.15, 0.2) is 5.54 Å². The average molecular weight is 266 g/mol. The Morgan fingerprint density at radius 1 is 1.42 bits per heavy atom. The molecule has 0 spiro atoms. The average Bonchev–Trinajstić information content (AvgIpc) is 2.88. The number of nitrogens with one attached hydrogen (secondary N) is 2. The lowest BCUT2D eigenvalue weighted by molar-refractivity contribution is -0.144. The smallest absolute Gasteiger partial charge is 0.331 e. The summed E-state index contributed by atoms with van der Waals surface area (Å²) in [6, 6.07) is 0. The molecule has 1 amide bonds. The molecule has 8 heteroatoms. The van der Waals surface area contributed by atoms with Gasteiger partial charge in [0, 0.05) is 32.5 Å². The van der Waals surface area contributed by atoms with Gasteiger partial charge in [-0.3, -0.25) is 4.79 Å². The van der Waals surface area contributed by atoms with Gasteiger partial charge in [0.2, 0.25) is 5.95 Å². The number of carbonyl (C=O) groups is 2. The molecule has 2 heterocycles. The number of carbonyl (C=O) groups excluding carboxylic acids is 1. The molecule has 1 fully saturated rings. The molecule has 0 unspecified atom stereocenters. The van der Waals surface area contributed by atoms with Crippen LogP contribution in [0.15, 0.2) is 12.4 Å². The molecule has 1 atom stereocenters. The molecule has 1 aliphatic rings. The number of hydrogen-bond acceptors (Lipinski definition) is 6. The van der Waals surface area contributed by atoms with E-state index in [1.54, 1.807) is 7.05 Å². The molecule has 0 aromatic carbocycles. The topological polar surface area (TPSA) is 113 Å². The lowest BCUT2D eigenvalue weighted by Gasteiger charge is -2.23. The van der Waals surface area contributed by atoms with Crippen molar-refractivity contribution >= 4 is 17.8 Å². The zero-order valence-electron chi connectivity index (χ0n) is 10.3. The number of ether oxygens (including phenoxy) is 1. The second-order valence-electron chi connectivity index (χ2n) is 4.19. The van der Waals surface area contributed by atoms with Gasteiger partial charge in [-0.2, -0.15) is 0 Å². The highest BCUT2D eigenvalue weighted by molar-refractivity contribution is 5.97. The Morgan fingerprint density at radius 2 is 2.11 bits per heavy atom. The van der Waals surface area contributed by atoms with E-state index in [0.29, 0.717) is 12.6 Å². The van der Waals surface area contributed by atoms with Crippen molar-refractivity contribution < 1.29 is 19.4 Å². The highest BCUT2D eigenvalue weighted by Crippen LogP contribution is 2.19. The van der Waals surface area contributed by atoms with Gasteiger partial charge in [0.05, 0.1) is 12.2 Å². The van der Waals surface area contributed by atoms with E-state index in [2.05, 4.69) is 20.6 Å². The van der Waals surface area contributed by atoms with Gasteiger partial charge in [-0.25, -0.2) is 14.8 Å². The Balaban J connectivity index is 2.13. The van der Waals surface area contributed by atoms with Crippen molar-refractivity contribution in [3.8, 4) is 0 Å². The summed E-state index contributed by atoms with van der Waals surface area (Å²) in [6.07, 6.45) is 2.91. The van der Waals surface area contributed by atoms with Crippen molar-refractivity contribution in [1.29, 1.82) is 0 Å². The number of anilines is 1. The molecule has 0 bridgehead atoms. The largest absolute Gasteiger partial charge is 0.479 e. The van der Waals surface area contributed by atoms with E-state index in [1.165, 1.54) is 12.4 Å². The first-order chi connectivity index (χ1) is 9.07. The summed E-state index contributed by atoms with van der Waals surface area (Å²) >= 11 is 0. The molecule has 1 aromatic rings. The molecule has 102 valence electrons. The van der Waals surface area contributed by atoms with Crippen molar-refractivity contribution in [1.82, 2.24) is 15.3 Å². The van der Waals surface area contributed by atoms with Crippen LogP contribution in [0.3, 0.4) is 0 Å². The summed E-state index contributed by atoms with van der Waals surface area (Å²) < 4.78 is 5.06. The molecule has 3 N–H and O–H groups in total. The number of rotatable bonds is 4. The first-order valence-corrected chi connectivity index (χ1v) is 5.71. The lowest BCUT2D eigenvalue weighted by atomic mass is 9.98. The fourth-order valence-corrected chi connectivity index (χ4v) is 1.75. The van der Waals surface area contributed by atoms with E-state index in [0.717, 1.165) is 0 Å². The summed E-state index contributed by atoms with van der Waals surface area (Å²) in [5.41, 5.74) is -1.16. The quantitative estimate of drug-likeness (QED) is 0.672. The van der Waals surface area contributed by atoms with E-state index < -0.39 is 17.4 Å². The number of aliphatic carboxylic acids is 1. The van der Waals surface area contributed by atoms with Crippen molar-refractivity contribution in [2.45, 2.75) is 12.0 Å². The van der Waals surface area contributed by atoms with Crippen LogP contribution in [0.2, 0.25) is 0 Å². The van der Waals surface area contributed by atoms with E-state index in [9.17, 15) is 14.7 Å². The van der Waals surface area contributed by atoms with Crippen LogP contribution in [0.4, 0.5) is 5.95 Å². The Bertz CT molecular complexity index is 482. The number of aromatic nitrogens is 2. The lowest BCUT2D eigenvalue weighted by Crippen LogP contribution is -2.55. The second-order valence-corrected chi connectivity index (χ2v) is 4.19. The van der Waals surface area contributed by atoms with Gasteiger partial charge in [-0.05, 0) is 0 Å². The summed E-state index contributed by atoms with van der Waals surface area (Å²) in [6.45, 7) is 0.269. The van der Waals surface area contributed by atoms with E-state index in [4.69, 9.17) is 4.74 Å². The van der Waals surface area contributed by atoms with Gasteiger partial charge < -0.3 is 20.5 Å². The molecule has 0 aliphatic carbocycles. The fourth-order valence-electron chi connectivity index (χ4n) is 1.75. The van der Waals surface area contributed by atoms with Crippen LogP contribution in [0.5, 0.6) is 0 Å². The minimum atomic E-state index is -1.36. The summed E-state index contributed by atoms with van der Waals surface area (Å²) in [5.74, 6) is -1.25. The maximum atomic E-state index is 12.0. The molecular formula is C11H14N4O4. The minimum absolute atomic E-state index is 0.0382. The third kappa shape index (κ3) is 2.63. The number of hydrogen-bond donors (Lipinski definition) is 3. The standard InChI is InChI=1S/C11H14N4O4/c1-12-10-13-4-7(5-14-10)8(16)15-11(9(17)18)2-3-19-6-11/h4-5H,2-3,6H2,1H3,(H,15,16)(H,17,18)(H,12,13,14)/t11-/m0/s1. The highest BCUT2D eigenvalue weighted by Gasteiger charge is 2.44. The highest BCUT2D eigenvalue weighted by atomic mass is 16.5. The Hall–Kier alpha value is -2.22. The second kappa shape index (κ2) is 5.19. The third-order valence-corrected chi connectivity index (χ3v) is 2.92. The normalized spacial score (nSPS) is 21.9. The Kier molecular flexibility index (Phi) is 3.61. The predicted molar refractivity (Wildman–Crippen MR) is 64.8 cm³/mol. The molecule has 1 aliphatic heterocycles. The predicted octanol–water partition coefficient (Wildman–Crippen LogP) is -0.508. The van der Waals surface area contributed by atoms with E-state index in [1.807, 2.05) is 0 Å². The number of carboxylic acid groups (broad SMARTS) is 1. The van der Waals surface area contributed by atoms with Gasteiger partial charge >= 0.3 is 5.97 Å². The first-order valence-electron chi connectivity index (χ1n) is 5.71. The molecule has 0 saturated carbocycles. The third-order valence-electron chi connectivity index (χ3n) is 2.92. The van der Waals surface area contributed by atoms with Crippen LogP contribution in [-0.2, 0) is 9.53 Å². The van der Waals surface area contributed by atoms with E-state index >= 15 is 0 Å². The Morgan fingerprint density at radius 3 is 2.58 bits per heavy atom. The summed E-state index contributed by atoms with van der Waals surface area (Å²) in [5, 5.41) is 14.4. The zero-order chi connectivity index (χ0) is 13.9. The van der Waals surface area contributed by atoms with Crippen LogP contribution in [0.1, 0.15) is 16.8 Å². The van der Waals surface area contributed by atoms with Crippen LogP contribution < -0.4 is 10.6 Å². The molecular weight excluding hydrogens is 252 g/mol. The van der Waals surface area contributed by atoms with Gasteiger partial charge in [0.25, 0.3) is 5.91 Å². The SMILES string of the molecule is CNc1ncc(C(=O)N[C@@]2(C(=O)O)CCOC2)cn1. The van der Waals surface area contributed by atoms with Crippen LogP contribution in [0.25, 0.3) is 0 Å². The van der Waals surface area contributed by atoms with Crippen LogP contribution >= 0.6 is 0 Å². The molecule has 19 heavy (non-hydrogen) atoms. The molecule has 1 aromatic heterocycles. The van der Waals surface area contributed by atoms with Gasteiger partial charge in [-0.1, -0.05) is 0 Å². The maximum absolute atomic E-state index is 12.0. The van der Waals surface area contributed by atoms with Crippen molar-refractivity contribution in [2.75, 3.05) is 25.6 Å². The van der Waals surface area contributed by atoms with Crippen molar-refractivity contribution in [3.05, 3.63) is 18.0 Å². The molecule has 0 radical (unpaired) electrons. The van der Waals surface area contributed by atoms with Crippen LogP contribution in [0, 0.1) is 0 Å². The monoisotopic (exact) mass is 266 g/mol. The van der Waals surface area contributed by atoms with Gasteiger partial charge in [0.1, 0.15) is 0 Å². The number of carboxylic acids is 1. The zero-order valence-corrected chi connectivity index (χ0v) is 10.3. The number of nitrogens with zero attached hydrogens (tertiary/aromatic N) is 2. The summed E-state index contributed by atoms with van der Waals surface area (Å²) in [7, 11) is 1.66. The van der Waals surface area contributed by atoms with Crippen molar-refractivity contribution in [2.24, 2.45) is 0 Å². The summed E-state index contributed by atoms with van der Waals surface area (Å²) in [4.78, 5) is 31.0. The Labute approximate surface area is 109 Å². The molecule has 1 saturated heterocycles. The molecule has 8 nitrogen and oxygen atoms in total. The van der Waals surface area contributed by atoms with Crippen LogP contribution in [-0.4, -0.2) is 52.8 Å². The maximum Gasteiger partial charge on any atom is 0.331 e. The van der Waals surface area contributed by atoms with Crippen molar-refractivity contribution in [3.63, 3.8) is 0 Å². The minimum Gasteiger partial charge on any atom is -0.479 e. The fraction of sp³-hybridized carbons (Fsp3) is 0.455.